The lowest BCUT2D eigenvalue weighted by Crippen LogP contribution is -2.30. The molecule has 1 aromatic rings. The quantitative estimate of drug-likeness (QED) is 0.556. The third-order valence-electron chi connectivity index (χ3n) is 2.43. The number of ether oxygens (including phenoxy) is 2. The zero-order valence-electron chi connectivity index (χ0n) is 10.9. The highest BCUT2D eigenvalue weighted by Crippen LogP contribution is 2.31. The number of benzene rings is 1. The number of halogens is 3. The second-order valence-electron chi connectivity index (χ2n) is 3.99. The Hall–Kier alpha value is -2.00. The maximum atomic E-state index is 12.1. The Balaban J connectivity index is 2.90. The van der Waals surface area contributed by atoms with E-state index < -0.39 is 36.0 Å². The molecule has 4 N–H and O–H groups in total. The van der Waals surface area contributed by atoms with E-state index in [2.05, 4.69) is 9.47 Å². The van der Waals surface area contributed by atoms with Crippen LogP contribution in [0.5, 0.6) is 5.75 Å². The lowest BCUT2D eigenvalue weighted by molar-refractivity contribution is -0.274. The summed E-state index contributed by atoms with van der Waals surface area (Å²) in [5, 5.41) is 19.3. The van der Waals surface area contributed by atoms with Gasteiger partial charge in [0.15, 0.2) is 11.9 Å². The first-order valence-corrected chi connectivity index (χ1v) is 5.83. The topological polar surface area (TPSA) is 102 Å². The average molecular weight is 309 g/mol. The van der Waals surface area contributed by atoms with Gasteiger partial charge in [-0.25, -0.2) is 4.79 Å². The summed E-state index contributed by atoms with van der Waals surface area (Å²) >= 11 is 0. The van der Waals surface area contributed by atoms with E-state index in [1.807, 2.05) is 0 Å². The van der Waals surface area contributed by atoms with Crippen LogP contribution in [0.15, 0.2) is 18.2 Å². The summed E-state index contributed by atoms with van der Waals surface area (Å²) < 4.78 is 44.4. The van der Waals surface area contributed by atoms with Gasteiger partial charge in [0.05, 0.1) is 12.3 Å². The predicted molar refractivity (Wildman–Crippen MR) is 65.1 cm³/mol. The molecule has 6 nitrogen and oxygen atoms in total. The number of carbonyl (C=O) groups is 1. The van der Waals surface area contributed by atoms with Crippen LogP contribution in [0.2, 0.25) is 0 Å². The molecule has 0 radical (unpaired) electrons. The fourth-order valence-corrected chi connectivity index (χ4v) is 1.51. The van der Waals surface area contributed by atoms with E-state index in [9.17, 15) is 28.2 Å². The highest BCUT2D eigenvalue weighted by molar-refractivity contribution is 5.75. The number of rotatable bonds is 5. The second-order valence-corrected chi connectivity index (χ2v) is 3.99. The summed E-state index contributed by atoms with van der Waals surface area (Å²) in [7, 11) is 0. The van der Waals surface area contributed by atoms with Crippen LogP contribution in [0.4, 0.5) is 18.9 Å². The summed E-state index contributed by atoms with van der Waals surface area (Å²) in [6.45, 7) is 1.52. The molecule has 2 unspecified atom stereocenters. The minimum Gasteiger partial charge on any atom is -0.464 e. The third-order valence-corrected chi connectivity index (χ3v) is 2.43. The van der Waals surface area contributed by atoms with Crippen LogP contribution >= 0.6 is 0 Å². The summed E-state index contributed by atoms with van der Waals surface area (Å²) in [6, 6.07) is 2.89. The molecule has 0 fully saturated rings. The molecule has 0 bridgehead atoms. The Morgan fingerprint density at radius 2 is 2.00 bits per heavy atom. The van der Waals surface area contributed by atoms with E-state index in [1.54, 1.807) is 0 Å². The van der Waals surface area contributed by atoms with Gasteiger partial charge in [0.1, 0.15) is 6.10 Å². The largest absolute Gasteiger partial charge is 0.573 e. The van der Waals surface area contributed by atoms with Crippen molar-refractivity contribution in [1.82, 2.24) is 0 Å². The van der Waals surface area contributed by atoms with Gasteiger partial charge in [0, 0.05) is 0 Å². The smallest absolute Gasteiger partial charge is 0.464 e. The lowest BCUT2D eigenvalue weighted by Gasteiger charge is -2.18. The molecule has 21 heavy (non-hydrogen) atoms. The van der Waals surface area contributed by atoms with Crippen molar-refractivity contribution in [2.24, 2.45) is 0 Å². The molecule has 1 aromatic carbocycles. The normalized spacial score (nSPS) is 14.4. The van der Waals surface area contributed by atoms with Crippen molar-refractivity contribution >= 4 is 11.7 Å². The Morgan fingerprint density at radius 1 is 1.38 bits per heavy atom. The highest BCUT2D eigenvalue weighted by atomic mass is 19.4. The number of aliphatic hydroxyl groups is 2. The first-order chi connectivity index (χ1) is 9.65. The molecule has 0 aliphatic heterocycles. The number of nitrogen functional groups attached to an aromatic ring is 1. The van der Waals surface area contributed by atoms with Crippen molar-refractivity contribution in [3.05, 3.63) is 23.8 Å². The maximum Gasteiger partial charge on any atom is 0.573 e. The van der Waals surface area contributed by atoms with Gasteiger partial charge in [-0.1, -0.05) is 6.07 Å². The Bertz CT molecular complexity index is 506. The number of aliphatic hydroxyl groups excluding tert-OH is 2. The third kappa shape index (κ3) is 4.80. The van der Waals surface area contributed by atoms with E-state index >= 15 is 0 Å². The summed E-state index contributed by atoms with van der Waals surface area (Å²) in [5.41, 5.74) is 4.91. The summed E-state index contributed by atoms with van der Waals surface area (Å²) in [6.07, 6.45) is -8.47. The van der Waals surface area contributed by atoms with Crippen LogP contribution in [0.1, 0.15) is 18.6 Å². The van der Waals surface area contributed by atoms with Crippen molar-refractivity contribution < 1.29 is 37.7 Å². The minimum atomic E-state index is -4.90. The average Bonchev–Trinajstić information content (AvgIpc) is 2.38. The van der Waals surface area contributed by atoms with Gasteiger partial charge in [-0.2, -0.15) is 0 Å². The number of alkyl halides is 3. The molecule has 0 spiro atoms. The lowest BCUT2D eigenvalue weighted by atomic mass is 10.0. The molecular formula is C12H14F3NO5. The van der Waals surface area contributed by atoms with E-state index in [4.69, 9.17) is 5.73 Å². The summed E-state index contributed by atoms with van der Waals surface area (Å²) in [5.74, 6) is -1.71. The van der Waals surface area contributed by atoms with Gasteiger partial charge >= 0.3 is 12.3 Å². The standard InChI is InChI=1S/C12H14F3NO5/c1-2-20-11(19)10(18)9(17)6-3-4-8(7(16)5-6)21-12(13,14)15/h3-5,9-10,17-18H,2,16H2,1H3. The zero-order valence-corrected chi connectivity index (χ0v) is 10.9. The van der Waals surface area contributed by atoms with Gasteiger partial charge in [0.2, 0.25) is 0 Å². The van der Waals surface area contributed by atoms with Crippen LogP contribution in [0.3, 0.4) is 0 Å². The zero-order chi connectivity index (χ0) is 16.2. The first-order valence-electron chi connectivity index (χ1n) is 5.83. The van der Waals surface area contributed by atoms with Gasteiger partial charge < -0.3 is 25.4 Å². The van der Waals surface area contributed by atoms with E-state index in [0.29, 0.717) is 0 Å². The fourth-order valence-electron chi connectivity index (χ4n) is 1.51. The molecule has 118 valence electrons. The van der Waals surface area contributed by atoms with E-state index in [1.165, 1.54) is 6.92 Å². The molecule has 0 aliphatic carbocycles. The SMILES string of the molecule is CCOC(=O)C(O)C(O)c1ccc(OC(F)(F)F)c(N)c1. The number of nitrogens with two attached hydrogens (primary N) is 1. The monoisotopic (exact) mass is 309 g/mol. The molecule has 0 aliphatic rings. The number of hydrogen-bond acceptors (Lipinski definition) is 6. The van der Waals surface area contributed by atoms with Crippen molar-refractivity contribution in [2.45, 2.75) is 25.5 Å². The number of hydrogen-bond donors (Lipinski definition) is 3. The van der Waals surface area contributed by atoms with Crippen LogP contribution in [0, 0.1) is 0 Å². The van der Waals surface area contributed by atoms with Gasteiger partial charge in [0.25, 0.3) is 0 Å². The number of carbonyl (C=O) groups excluding carboxylic acids is 1. The van der Waals surface area contributed by atoms with Crippen molar-refractivity contribution in [2.75, 3.05) is 12.3 Å². The number of esters is 1. The van der Waals surface area contributed by atoms with Crippen LogP contribution in [-0.4, -0.2) is 35.3 Å². The Morgan fingerprint density at radius 3 is 2.48 bits per heavy atom. The van der Waals surface area contributed by atoms with E-state index in [0.717, 1.165) is 18.2 Å². The van der Waals surface area contributed by atoms with Crippen LogP contribution in [-0.2, 0) is 9.53 Å². The van der Waals surface area contributed by atoms with Crippen molar-refractivity contribution in [1.29, 1.82) is 0 Å². The molecule has 2 atom stereocenters. The molecule has 1 rings (SSSR count). The summed E-state index contributed by atoms with van der Waals surface area (Å²) in [4.78, 5) is 11.3. The second kappa shape index (κ2) is 6.64. The Labute approximate surface area is 117 Å². The van der Waals surface area contributed by atoms with Crippen molar-refractivity contribution in [3.63, 3.8) is 0 Å². The van der Waals surface area contributed by atoms with Gasteiger partial charge in [-0.3, -0.25) is 0 Å². The highest BCUT2D eigenvalue weighted by Gasteiger charge is 2.32. The van der Waals surface area contributed by atoms with E-state index in [-0.39, 0.29) is 12.2 Å². The Kier molecular flexibility index (Phi) is 5.39. The molecule has 0 aromatic heterocycles. The fraction of sp³-hybridized carbons (Fsp3) is 0.417. The first kappa shape index (κ1) is 17.1. The van der Waals surface area contributed by atoms with Gasteiger partial charge in [-0.05, 0) is 24.6 Å². The number of anilines is 1. The molecular weight excluding hydrogens is 295 g/mol. The molecule has 0 heterocycles. The molecule has 0 amide bonds. The minimum absolute atomic E-state index is 0.00309. The molecule has 0 saturated carbocycles. The maximum absolute atomic E-state index is 12.1. The predicted octanol–water partition coefficient (Wildman–Crippen LogP) is 1.12. The van der Waals surface area contributed by atoms with Crippen molar-refractivity contribution in [3.8, 4) is 5.75 Å². The molecule has 0 saturated heterocycles. The van der Waals surface area contributed by atoms with Gasteiger partial charge in [-0.15, -0.1) is 13.2 Å². The van der Waals surface area contributed by atoms with Crippen LogP contribution in [0.25, 0.3) is 0 Å². The molecule has 9 heteroatoms. The van der Waals surface area contributed by atoms with Crippen LogP contribution < -0.4 is 10.5 Å².